The van der Waals surface area contributed by atoms with Crippen LogP contribution in [0.4, 0.5) is 10.7 Å². The highest BCUT2D eigenvalue weighted by Gasteiger charge is 2.10. The van der Waals surface area contributed by atoms with Crippen molar-refractivity contribution in [1.82, 2.24) is 0 Å². The Hall–Kier alpha value is -1.30. The van der Waals surface area contributed by atoms with Crippen LogP contribution < -0.4 is 5.32 Å². The van der Waals surface area contributed by atoms with Gasteiger partial charge in [0, 0.05) is 17.5 Å². The average Bonchev–Trinajstić information content (AvgIpc) is 2.80. The average molecular weight is 303 g/mol. The van der Waals surface area contributed by atoms with Gasteiger partial charge in [0.1, 0.15) is 0 Å². The summed E-state index contributed by atoms with van der Waals surface area (Å²) in [4.78, 5) is 11.0. The van der Waals surface area contributed by atoms with Crippen LogP contribution in [0.3, 0.4) is 0 Å². The highest BCUT2D eigenvalue weighted by atomic mass is 35.5. The summed E-state index contributed by atoms with van der Waals surface area (Å²) < 4.78 is 0. The molecule has 0 bridgehead atoms. The SMILES string of the molecule is O=[N+]([O-])c1ccc(CNc2cccc(Cl)c2Cl)s1. The predicted octanol–water partition coefficient (Wildman–Crippen LogP) is 4.58. The van der Waals surface area contributed by atoms with Crippen molar-refractivity contribution in [2.75, 3.05) is 5.32 Å². The summed E-state index contributed by atoms with van der Waals surface area (Å²) in [5, 5.41) is 14.7. The first kappa shape index (κ1) is 13.1. The van der Waals surface area contributed by atoms with Crippen LogP contribution in [-0.2, 0) is 6.54 Å². The number of hydrogen-bond donors (Lipinski definition) is 1. The van der Waals surface area contributed by atoms with Gasteiger partial charge < -0.3 is 5.32 Å². The highest BCUT2D eigenvalue weighted by Crippen LogP contribution is 2.31. The molecule has 4 nitrogen and oxygen atoms in total. The normalized spacial score (nSPS) is 10.3. The van der Waals surface area contributed by atoms with Crippen LogP contribution in [0.5, 0.6) is 0 Å². The van der Waals surface area contributed by atoms with E-state index >= 15 is 0 Å². The Balaban J connectivity index is 2.07. The van der Waals surface area contributed by atoms with Crippen LogP contribution in [0.25, 0.3) is 0 Å². The molecule has 0 aliphatic rings. The molecule has 0 saturated heterocycles. The number of anilines is 1. The lowest BCUT2D eigenvalue weighted by molar-refractivity contribution is -0.380. The molecule has 1 aromatic heterocycles. The van der Waals surface area contributed by atoms with Crippen LogP contribution >= 0.6 is 34.5 Å². The van der Waals surface area contributed by atoms with Crippen molar-refractivity contribution in [3.63, 3.8) is 0 Å². The smallest absolute Gasteiger partial charge is 0.324 e. The van der Waals surface area contributed by atoms with Crippen molar-refractivity contribution in [3.05, 3.63) is 55.4 Å². The largest absolute Gasteiger partial charge is 0.379 e. The second-order valence-electron chi connectivity index (χ2n) is 3.45. The number of hydrogen-bond acceptors (Lipinski definition) is 4. The molecule has 0 unspecified atom stereocenters. The maximum absolute atomic E-state index is 10.5. The summed E-state index contributed by atoms with van der Waals surface area (Å²) in [6.45, 7) is 0.471. The third-order valence-electron chi connectivity index (χ3n) is 2.23. The van der Waals surface area contributed by atoms with Gasteiger partial charge in [-0.1, -0.05) is 40.6 Å². The molecule has 0 aliphatic carbocycles. The topological polar surface area (TPSA) is 55.2 Å². The fraction of sp³-hybridized carbons (Fsp3) is 0.0909. The van der Waals surface area contributed by atoms with E-state index in [0.717, 1.165) is 16.2 Å². The van der Waals surface area contributed by atoms with Gasteiger partial charge in [-0.05, 0) is 18.2 Å². The summed E-state index contributed by atoms with van der Waals surface area (Å²) in [6.07, 6.45) is 0. The molecular formula is C11H8Cl2N2O2S. The van der Waals surface area contributed by atoms with Gasteiger partial charge in [-0.2, -0.15) is 0 Å². The Morgan fingerprint density at radius 2 is 2.06 bits per heavy atom. The summed E-state index contributed by atoms with van der Waals surface area (Å²) >= 11 is 13.0. The second-order valence-corrected chi connectivity index (χ2v) is 5.38. The molecule has 2 aromatic rings. The molecule has 94 valence electrons. The number of nitro groups is 1. The second kappa shape index (κ2) is 5.56. The van der Waals surface area contributed by atoms with E-state index in [4.69, 9.17) is 23.2 Å². The van der Waals surface area contributed by atoms with Gasteiger partial charge in [-0.25, -0.2) is 0 Å². The maximum atomic E-state index is 10.5. The van der Waals surface area contributed by atoms with Crippen molar-refractivity contribution >= 4 is 45.2 Å². The summed E-state index contributed by atoms with van der Waals surface area (Å²) in [6, 6.07) is 8.49. The minimum Gasteiger partial charge on any atom is -0.379 e. The minimum atomic E-state index is -0.402. The van der Waals surface area contributed by atoms with Gasteiger partial charge in [0.15, 0.2) is 0 Å². The molecule has 0 saturated carbocycles. The molecule has 0 amide bonds. The first-order valence-electron chi connectivity index (χ1n) is 4.99. The Bertz CT molecular complexity index is 586. The van der Waals surface area contributed by atoms with Gasteiger partial charge in [0.05, 0.1) is 20.7 Å². The maximum Gasteiger partial charge on any atom is 0.324 e. The molecule has 7 heteroatoms. The Morgan fingerprint density at radius 1 is 1.28 bits per heavy atom. The summed E-state index contributed by atoms with van der Waals surface area (Å²) in [7, 11) is 0. The van der Waals surface area contributed by atoms with E-state index < -0.39 is 4.92 Å². The van der Waals surface area contributed by atoms with Crippen molar-refractivity contribution in [1.29, 1.82) is 0 Å². The predicted molar refractivity (Wildman–Crippen MR) is 74.8 cm³/mol. The van der Waals surface area contributed by atoms with E-state index in [9.17, 15) is 10.1 Å². The number of halogens is 2. The Kier molecular flexibility index (Phi) is 4.06. The quantitative estimate of drug-likeness (QED) is 0.664. The Labute approximate surface area is 117 Å². The molecule has 1 heterocycles. The number of nitrogens with one attached hydrogen (secondary N) is 1. The lowest BCUT2D eigenvalue weighted by Crippen LogP contribution is -1.97. The van der Waals surface area contributed by atoms with Crippen molar-refractivity contribution in [2.45, 2.75) is 6.54 Å². The molecule has 0 fully saturated rings. The third-order valence-corrected chi connectivity index (χ3v) is 4.09. The van der Waals surface area contributed by atoms with E-state index in [2.05, 4.69) is 5.32 Å². The zero-order valence-corrected chi connectivity index (χ0v) is 11.4. The van der Waals surface area contributed by atoms with Gasteiger partial charge in [-0.15, -0.1) is 0 Å². The number of benzene rings is 1. The lowest BCUT2D eigenvalue weighted by Gasteiger charge is -2.07. The van der Waals surface area contributed by atoms with Gasteiger partial charge in [0.2, 0.25) is 0 Å². The van der Waals surface area contributed by atoms with Gasteiger partial charge >= 0.3 is 5.00 Å². The number of rotatable bonds is 4. The fourth-order valence-electron chi connectivity index (χ4n) is 1.38. The molecule has 0 spiro atoms. The molecule has 0 aliphatic heterocycles. The molecule has 2 rings (SSSR count). The lowest BCUT2D eigenvalue weighted by atomic mass is 10.3. The van der Waals surface area contributed by atoms with Crippen LogP contribution in [0.2, 0.25) is 10.0 Å². The monoisotopic (exact) mass is 302 g/mol. The van der Waals surface area contributed by atoms with Crippen LogP contribution in [0, 0.1) is 10.1 Å². The zero-order valence-electron chi connectivity index (χ0n) is 9.02. The van der Waals surface area contributed by atoms with Crippen molar-refractivity contribution < 1.29 is 4.92 Å². The summed E-state index contributed by atoms with van der Waals surface area (Å²) in [5.74, 6) is 0. The van der Waals surface area contributed by atoms with Crippen molar-refractivity contribution in [3.8, 4) is 0 Å². The first-order valence-corrected chi connectivity index (χ1v) is 6.56. The molecular weight excluding hydrogens is 295 g/mol. The van der Waals surface area contributed by atoms with E-state index in [1.165, 1.54) is 6.07 Å². The zero-order chi connectivity index (χ0) is 13.1. The molecule has 0 radical (unpaired) electrons. The van der Waals surface area contributed by atoms with Crippen LogP contribution in [-0.4, -0.2) is 4.92 Å². The Morgan fingerprint density at radius 3 is 2.72 bits per heavy atom. The fourth-order valence-corrected chi connectivity index (χ4v) is 2.51. The third kappa shape index (κ3) is 2.93. The molecule has 1 aromatic carbocycles. The van der Waals surface area contributed by atoms with Crippen LogP contribution in [0.15, 0.2) is 30.3 Å². The van der Waals surface area contributed by atoms with Crippen LogP contribution in [0.1, 0.15) is 4.88 Å². The molecule has 18 heavy (non-hydrogen) atoms. The van der Waals surface area contributed by atoms with Gasteiger partial charge in [-0.3, -0.25) is 10.1 Å². The van der Waals surface area contributed by atoms with E-state index in [0.29, 0.717) is 22.3 Å². The molecule has 1 N–H and O–H groups in total. The minimum absolute atomic E-state index is 0.129. The van der Waals surface area contributed by atoms with E-state index in [-0.39, 0.29) is 5.00 Å². The number of thiophene rings is 1. The standard InChI is InChI=1S/C11H8Cl2N2O2S/c12-8-2-1-3-9(11(8)13)14-6-7-4-5-10(18-7)15(16)17/h1-5,14H,6H2. The van der Waals surface area contributed by atoms with E-state index in [1.807, 2.05) is 0 Å². The van der Waals surface area contributed by atoms with Gasteiger partial charge in [0.25, 0.3) is 0 Å². The first-order chi connectivity index (χ1) is 8.58. The van der Waals surface area contributed by atoms with E-state index in [1.54, 1.807) is 24.3 Å². The number of nitrogens with zero attached hydrogens (tertiary/aromatic N) is 1. The summed E-state index contributed by atoms with van der Waals surface area (Å²) in [5.41, 5.74) is 0.709. The van der Waals surface area contributed by atoms with Crippen molar-refractivity contribution in [2.24, 2.45) is 0 Å². The highest BCUT2D eigenvalue weighted by molar-refractivity contribution is 7.15. The molecule has 0 atom stereocenters.